The first-order valence-corrected chi connectivity index (χ1v) is 12.2. The molecule has 2 aromatic carbocycles. The highest BCUT2D eigenvalue weighted by Gasteiger charge is 2.31. The molecular formula is C22H28N4O8S. The number of nitrogens with zero attached hydrogens (tertiary/aromatic N) is 3. The summed E-state index contributed by atoms with van der Waals surface area (Å²) in [5.41, 5.74) is 0.124. The van der Waals surface area contributed by atoms with Crippen molar-refractivity contribution < 1.29 is 32.4 Å². The fraction of sp³-hybridized carbons (Fsp3) is 0.364. The molecule has 0 spiro atoms. The molecule has 0 saturated carbocycles. The molecule has 0 aromatic heterocycles. The fourth-order valence-corrected chi connectivity index (χ4v) is 4.15. The number of methoxy groups -OCH3 is 2. The largest absolute Gasteiger partial charge is 0.497 e. The average molecular weight is 509 g/mol. The number of ether oxygens (including phenoxy) is 2. The highest BCUT2D eigenvalue weighted by atomic mass is 32.2. The number of nitro benzene ring substituents is 1. The van der Waals surface area contributed by atoms with Crippen LogP contribution in [0.3, 0.4) is 0 Å². The zero-order valence-electron chi connectivity index (χ0n) is 20.0. The number of hydrogen-bond donors (Lipinski definition) is 1. The normalized spacial score (nSPS) is 11.8. The number of nitro groups is 1. The molecular weight excluding hydrogens is 480 g/mol. The van der Waals surface area contributed by atoms with Gasteiger partial charge in [-0.1, -0.05) is 12.1 Å². The van der Waals surface area contributed by atoms with Gasteiger partial charge in [0.2, 0.25) is 21.8 Å². The number of non-ortho nitro benzene ring substituents is 1. The van der Waals surface area contributed by atoms with Crippen LogP contribution in [0.15, 0.2) is 42.5 Å². The molecule has 0 aliphatic carbocycles. The molecule has 190 valence electrons. The lowest BCUT2D eigenvalue weighted by Gasteiger charge is -2.31. The van der Waals surface area contributed by atoms with Gasteiger partial charge in [-0.15, -0.1) is 0 Å². The van der Waals surface area contributed by atoms with E-state index in [9.17, 15) is 28.1 Å². The van der Waals surface area contributed by atoms with Gasteiger partial charge in [-0.25, -0.2) is 8.42 Å². The molecule has 1 N–H and O–H groups in total. The average Bonchev–Trinajstić information content (AvgIpc) is 2.83. The van der Waals surface area contributed by atoms with Crippen LogP contribution in [0.4, 0.5) is 11.4 Å². The molecule has 0 saturated heterocycles. The van der Waals surface area contributed by atoms with E-state index in [0.29, 0.717) is 11.3 Å². The number of carbonyl (C=O) groups excluding carboxylic acids is 2. The Morgan fingerprint density at radius 1 is 1.11 bits per heavy atom. The number of nitrogens with one attached hydrogen (secondary N) is 1. The fourth-order valence-electron chi connectivity index (χ4n) is 3.30. The molecule has 0 aliphatic heterocycles. The van der Waals surface area contributed by atoms with Crippen molar-refractivity contribution >= 4 is 33.2 Å². The van der Waals surface area contributed by atoms with Gasteiger partial charge in [0.05, 0.1) is 25.4 Å². The maximum atomic E-state index is 13.4. The van der Waals surface area contributed by atoms with E-state index in [1.54, 1.807) is 24.3 Å². The van der Waals surface area contributed by atoms with E-state index in [2.05, 4.69) is 5.32 Å². The Morgan fingerprint density at radius 2 is 1.74 bits per heavy atom. The van der Waals surface area contributed by atoms with Crippen LogP contribution in [-0.2, 0) is 26.2 Å². The van der Waals surface area contributed by atoms with Crippen LogP contribution in [0.25, 0.3) is 0 Å². The van der Waals surface area contributed by atoms with Crippen LogP contribution in [0.1, 0.15) is 12.5 Å². The van der Waals surface area contributed by atoms with Gasteiger partial charge < -0.3 is 19.7 Å². The van der Waals surface area contributed by atoms with Gasteiger partial charge in [0, 0.05) is 25.7 Å². The molecule has 2 aromatic rings. The van der Waals surface area contributed by atoms with E-state index < -0.39 is 39.3 Å². The topological polar surface area (TPSA) is 148 Å². The molecule has 0 fully saturated rings. The van der Waals surface area contributed by atoms with Crippen LogP contribution in [0, 0.1) is 10.1 Å². The summed E-state index contributed by atoms with van der Waals surface area (Å²) >= 11 is 0. The summed E-state index contributed by atoms with van der Waals surface area (Å²) in [7, 11) is 0.122. The Balaban J connectivity index is 2.49. The SMILES string of the molecule is CNC(=O)C(C)N(Cc1ccc(OC)cc1)C(=O)CN(c1cc([N+](=O)[O-])ccc1OC)S(C)(=O)=O. The van der Waals surface area contributed by atoms with Crippen LogP contribution in [0.2, 0.25) is 0 Å². The molecule has 2 amide bonds. The molecule has 0 radical (unpaired) electrons. The first kappa shape index (κ1) is 27.4. The summed E-state index contributed by atoms with van der Waals surface area (Å²) < 4.78 is 36.4. The van der Waals surface area contributed by atoms with Crippen LogP contribution in [0.5, 0.6) is 11.5 Å². The van der Waals surface area contributed by atoms with E-state index >= 15 is 0 Å². The number of hydrogen-bond acceptors (Lipinski definition) is 8. The summed E-state index contributed by atoms with van der Waals surface area (Å²) in [6.07, 6.45) is 0.870. The molecule has 0 bridgehead atoms. The zero-order valence-corrected chi connectivity index (χ0v) is 20.9. The first-order valence-electron chi connectivity index (χ1n) is 10.4. The van der Waals surface area contributed by atoms with Gasteiger partial charge in [-0.3, -0.25) is 24.0 Å². The highest BCUT2D eigenvalue weighted by molar-refractivity contribution is 7.92. The molecule has 0 heterocycles. The minimum Gasteiger partial charge on any atom is -0.497 e. The molecule has 13 heteroatoms. The summed E-state index contributed by atoms with van der Waals surface area (Å²) in [6, 6.07) is 9.30. The maximum absolute atomic E-state index is 13.4. The predicted octanol–water partition coefficient (Wildman–Crippen LogP) is 1.54. The third kappa shape index (κ3) is 6.82. The number of benzene rings is 2. The van der Waals surface area contributed by atoms with Gasteiger partial charge >= 0.3 is 0 Å². The third-order valence-electron chi connectivity index (χ3n) is 5.25. The Bertz CT molecular complexity index is 1180. The summed E-state index contributed by atoms with van der Waals surface area (Å²) in [5.74, 6) is -0.525. The molecule has 12 nitrogen and oxygen atoms in total. The smallest absolute Gasteiger partial charge is 0.271 e. The van der Waals surface area contributed by atoms with Crippen LogP contribution >= 0.6 is 0 Å². The standard InChI is InChI=1S/C22H28N4O8S/c1-15(22(28)23-2)24(13-16-6-9-18(33-3)10-7-16)21(27)14-25(35(5,31)32)19-12-17(26(29)30)8-11-20(19)34-4/h6-12,15H,13-14H2,1-5H3,(H,23,28). The van der Waals surface area contributed by atoms with Gasteiger partial charge in [-0.2, -0.15) is 0 Å². The van der Waals surface area contributed by atoms with Gasteiger partial charge in [0.1, 0.15) is 29.8 Å². The maximum Gasteiger partial charge on any atom is 0.271 e. The van der Waals surface area contributed by atoms with Crippen molar-refractivity contribution in [3.05, 3.63) is 58.1 Å². The second-order valence-corrected chi connectivity index (χ2v) is 9.45. The predicted molar refractivity (Wildman–Crippen MR) is 129 cm³/mol. The lowest BCUT2D eigenvalue weighted by atomic mass is 10.1. The van der Waals surface area contributed by atoms with E-state index in [1.165, 1.54) is 39.2 Å². The summed E-state index contributed by atoms with van der Waals surface area (Å²) in [4.78, 5) is 37.6. The van der Waals surface area contributed by atoms with Crippen molar-refractivity contribution in [3.63, 3.8) is 0 Å². The van der Waals surface area contributed by atoms with E-state index in [0.717, 1.165) is 22.7 Å². The molecule has 2 rings (SSSR count). The number of anilines is 1. The minimum absolute atomic E-state index is 0.00108. The first-order chi connectivity index (χ1) is 16.4. The van der Waals surface area contributed by atoms with Crippen molar-refractivity contribution in [3.8, 4) is 11.5 Å². The van der Waals surface area contributed by atoms with Gasteiger partial charge in [0.25, 0.3) is 5.69 Å². The molecule has 1 atom stereocenters. The molecule has 0 aliphatic rings. The number of amides is 2. The highest BCUT2D eigenvalue weighted by Crippen LogP contribution is 2.33. The van der Waals surface area contributed by atoms with Gasteiger partial charge in [0.15, 0.2) is 0 Å². The lowest BCUT2D eigenvalue weighted by molar-refractivity contribution is -0.384. The number of likely N-dealkylation sites (N-methyl/N-ethyl adjacent to an activating group) is 1. The quantitative estimate of drug-likeness (QED) is 0.355. The second kappa shape index (κ2) is 11.5. The number of sulfonamides is 1. The lowest BCUT2D eigenvalue weighted by Crippen LogP contribution is -2.50. The van der Waals surface area contributed by atoms with E-state index in [1.807, 2.05) is 0 Å². The minimum atomic E-state index is -4.09. The van der Waals surface area contributed by atoms with Crippen molar-refractivity contribution in [1.82, 2.24) is 10.2 Å². The molecule has 35 heavy (non-hydrogen) atoms. The van der Waals surface area contributed by atoms with Gasteiger partial charge in [-0.05, 0) is 30.7 Å². The van der Waals surface area contributed by atoms with Crippen molar-refractivity contribution in [1.29, 1.82) is 0 Å². The number of rotatable bonds is 11. The van der Waals surface area contributed by atoms with Crippen molar-refractivity contribution in [2.75, 3.05) is 38.4 Å². The zero-order chi connectivity index (χ0) is 26.3. The Labute approximate surface area is 203 Å². The monoisotopic (exact) mass is 508 g/mol. The van der Waals surface area contributed by atoms with E-state index in [4.69, 9.17) is 9.47 Å². The van der Waals surface area contributed by atoms with Crippen molar-refractivity contribution in [2.45, 2.75) is 19.5 Å². The van der Waals surface area contributed by atoms with Crippen LogP contribution in [-0.4, -0.2) is 70.2 Å². The number of carbonyl (C=O) groups is 2. The second-order valence-electron chi connectivity index (χ2n) is 7.54. The van der Waals surface area contributed by atoms with Crippen LogP contribution < -0.4 is 19.1 Å². The Kier molecular flexibility index (Phi) is 9.00. The van der Waals surface area contributed by atoms with Crippen molar-refractivity contribution in [2.24, 2.45) is 0 Å². The Morgan fingerprint density at radius 3 is 2.23 bits per heavy atom. The Hall–Kier alpha value is -3.87. The molecule has 1 unspecified atom stereocenters. The summed E-state index contributed by atoms with van der Waals surface area (Å²) in [6.45, 7) is 0.800. The summed E-state index contributed by atoms with van der Waals surface area (Å²) in [5, 5.41) is 13.7. The van der Waals surface area contributed by atoms with E-state index in [-0.39, 0.29) is 23.7 Å². The third-order valence-corrected chi connectivity index (χ3v) is 6.37.